The molecule has 1 heterocycles. The normalized spacial score (nSPS) is 32.0. The van der Waals surface area contributed by atoms with E-state index >= 15 is 0 Å². The monoisotopic (exact) mass is 199 g/mol. The molecule has 2 amide bonds. The Labute approximate surface area is 85.8 Å². The molecule has 1 saturated heterocycles. The lowest BCUT2D eigenvalue weighted by atomic mass is 9.81. The number of likely N-dealkylation sites (tertiary alicyclic amines) is 1. The van der Waals surface area contributed by atoms with E-state index in [-0.39, 0.29) is 11.4 Å². The third-order valence-electron chi connectivity index (χ3n) is 3.32. The zero-order chi connectivity index (χ0) is 10.8. The minimum Gasteiger partial charge on any atom is -0.338 e. The standard InChI is InChI=1S/C10H21N3O/c1-4-12-9(14)13-5-8(2)10(3,6-11)7-13/h8H,4-7,11H2,1-3H3,(H,12,14). The molecule has 0 bridgehead atoms. The number of hydrogen-bond acceptors (Lipinski definition) is 2. The largest absolute Gasteiger partial charge is 0.338 e. The number of urea groups is 1. The fourth-order valence-electron chi connectivity index (χ4n) is 1.89. The average molecular weight is 199 g/mol. The SMILES string of the molecule is CCNC(=O)N1CC(C)C(C)(CN)C1. The van der Waals surface area contributed by atoms with E-state index in [0.717, 1.165) is 13.1 Å². The van der Waals surface area contributed by atoms with Gasteiger partial charge in [0, 0.05) is 25.0 Å². The molecule has 0 aromatic carbocycles. The molecule has 0 aromatic rings. The van der Waals surface area contributed by atoms with E-state index in [1.807, 2.05) is 11.8 Å². The summed E-state index contributed by atoms with van der Waals surface area (Å²) in [6.45, 7) is 9.16. The Morgan fingerprint density at radius 1 is 1.71 bits per heavy atom. The quantitative estimate of drug-likeness (QED) is 0.685. The van der Waals surface area contributed by atoms with E-state index in [9.17, 15) is 4.79 Å². The Morgan fingerprint density at radius 2 is 2.36 bits per heavy atom. The number of nitrogens with two attached hydrogens (primary N) is 1. The zero-order valence-corrected chi connectivity index (χ0v) is 9.34. The molecule has 1 fully saturated rings. The van der Waals surface area contributed by atoms with Crippen LogP contribution in [0, 0.1) is 11.3 Å². The highest BCUT2D eigenvalue weighted by atomic mass is 16.2. The second kappa shape index (κ2) is 4.17. The molecule has 0 saturated carbocycles. The van der Waals surface area contributed by atoms with E-state index < -0.39 is 0 Å². The Hall–Kier alpha value is -0.770. The van der Waals surface area contributed by atoms with Crippen LogP contribution >= 0.6 is 0 Å². The van der Waals surface area contributed by atoms with Crippen molar-refractivity contribution in [3.8, 4) is 0 Å². The van der Waals surface area contributed by atoms with Gasteiger partial charge in [-0.15, -0.1) is 0 Å². The molecule has 1 rings (SSSR count). The average Bonchev–Trinajstić information content (AvgIpc) is 2.45. The van der Waals surface area contributed by atoms with E-state index in [0.29, 0.717) is 19.0 Å². The fraction of sp³-hybridized carbons (Fsp3) is 0.900. The lowest BCUT2D eigenvalue weighted by Gasteiger charge is -2.25. The third kappa shape index (κ3) is 2.00. The van der Waals surface area contributed by atoms with Crippen molar-refractivity contribution in [2.75, 3.05) is 26.2 Å². The molecule has 82 valence electrons. The number of carbonyl (C=O) groups is 1. The molecule has 2 atom stereocenters. The molecule has 0 aromatic heterocycles. The van der Waals surface area contributed by atoms with Crippen molar-refractivity contribution in [3.05, 3.63) is 0 Å². The van der Waals surface area contributed by atoms with E-state index in [2.05, 4.69) is 19.2 Å². The van der Waals surface area contributed by atoms with Crippen LogP contribution in [0.4, 0.5) is 4.79 Å². The van der Waals surface area contributed by atoms with E-state index in [1.54, 1.807) is 0 Å². The van der Waals surface area contributed by atoms with Crippen LogP contribution in [0.2, 0.25) is 0 Å². The number of carbonyl (C=O) groups excluding carboxylic acids is 1. The first-order valence-electron chi connectivity index (χ1n) is 5.26. The van der Waals surface area contributed by atoms with Crippen LogP contribution in [0.1, 0.15) is 20.8 Å². The van der Waals surface area contributed by atoms with Gasteiger partial charge in [-0.25, -0.2) is 4.79 Å². The number of nitrogens with zero attached hydrogens (tertiary/aromatic N) is 1. The lowest BCUT2D eigenvalue weighted by molar-refractivity contribution is 0.202. The number of amides is 2. The van der Waals surface area contributed by atoms with Crippen LogP contribution in [0.25, 0.3) is 0 Å². The van der Waals surface area contributed by atoms with Crippen LogP contribution in [0.5, 0.6) is 0 Å². The van der Waals surface area contributed by atoms with Crippen LogP contribution in [-0.2, 0) is 0 Å². The van der Waals surface area contributed by atoms with Crippen molar-refractivity contribution in [3.63, 3.8) is 0 Å². The molecular weight excluding hydrogens is 178 g/mol. The maximum absolute atomic E-state index is 11.6. The van der Waals surface area contributed by atoms with Crippen molar-refractivity contribution in [2.24, 2.45) is 17.1 Å². The summed E-state index contributed by atoms with van der Waals surface area (Å²) in [5.41, 5.74) is 5.82. The van der Waals surface area contributed by atoms with Crippen LogP contribution < -0.4 is 11.1 Å². The van der Waals surface area contributed by atoms with Gasteiger partial charge in [-0.3, -0.25) is 0 Å². The van der Waals surface area contributed by atoms with Gasteiger partial charge >= 0.3 is 6.03 Å². The van der Waals surface area contributed by atoms with Gasteiger partial charge in [0.15, 0.2) is 0 Å². The summed E-state index contributed by atoms with van der Waals surface area (Å²) < 4.78 is 0. The summed E-state index contributed by atoms with van der Waals surface area (Å²) >= 11 is 0. The Bertz CT molecular complexity index is 219. The summed E-state index contributed by atoms with van der Waals surface area (Å²) in [7, 11) is 0. The molecule has 2 unspecified atom stereocenters. The van der Waals surface area contributed by atoms with Gasteiger partial charge in [0.2, 0.25) is 0 Å². The summed E-state index contributed by atoms with van der Waals surface area (Å²) in [5.74, 6) is 0.482. The van der Waals surface area contributed by atoms with Crippen LogP contribution in [-0.4, -0.2) is 37.1 Å². The third-order valence-corrected chi connectivity index (χ3v) is 3.32. The molecule has 0 aliphatic carbocycles. The summed E-state index contributed by atoms with van der Waals surface area (Å²) in [5, 5.41) is 2.82. The summed E-state index contributed by atoms with van der Waals surface area (Å²) in [6, 6.07) is 0.0384. The molecule has 4 heteroatoms. The van der Waals surface area contributed by atoms with Crippen molar-refractivity contribution in [2.45, 2.75) is 20.8 Å². The Morgan fingerprint density at radius 3 is 2.79 bits per heavy atom. The maximum Gasteiger partial charge on any atom is 0.317 e. The van der Waals surface area contributed by atoms with Crippen LogP contribution in [0.3, 0.4) is 0 Å². The molecular formula is C10H21N3O. The fourth-order valence-corrected chi connectivity index (χ4v) is 1.89. The second-order valence-electron chi connectivity index (χ2n) is 4.48. The second-order valence-corrected chi connectivity index (χ2v) is 4.48. The van der Waals surface area contributed by atoms with Crippen molar-refractivity contribution in [1.29, 1.82) is 0 Å². The Balaban J connectivity index is 2.58. The van der Waals surface area contributed by atoms with E-state index in [1.165, 1.54) is 0 Å². The predicted octanol–water partition coefficient (Wildman–Crippen LogP) is 0.633. The minimum absolute atomic E-state index is 0.0384. The van der Waals surface area contributed by atoms with Crippen molar-refractivity contribution >= 4 is 6.03 Å². The summed E-state index contributed by atoms with van der Waals surface area (Å²) in [6.07, 6.45) is 0. The minimum atomic E-state index is 0.0384. The van der Waals surface area contributed by atoms with Gasteiger partial charge in [-0.05, 0) is 19.4 Å². The number of hydrogen-bond donors (Lipinski definition) is 2. The van der Waals surface area contributed by atoms with Crippen molar-refractivity contribution in [1.82, 2.24) is 10.2 Å². The van der Waals surface area contributed by atoms with Crippen molar-refractivity contribution < 1.29 is 4.79 Å². The van der Waals surface area contributed by atoms with Gasteiger partial charge in [0.1, 0.15) is 0 Å². The highest BCUT2D eigenvalue weighted by molar-refractivity contribution is 5.74. The zero-order valence-electron chi connectivity index (χ0n) is 9.34. The van der Waals surface area contributed by atoms with Gasteiger partial charge in [-0.1, -0.05) is 13.8 Å². The predicted molar refractivity (Wildman–Crippen MR) is 57.0 cm³/mol. The Kier molecular flexibility index (Phi) is 3.37. The number of nitrogens with one attached hydrogen (secondary N) is 1. The molecule has 0 radical (unpaired) electrons. The topological polar surface area (TPSA) is 58.4 Å². The molecule has 0 spiro atoms. The molecule has 3 N–H and O–H groups in total. The molecule has 4 nitrogen and oxygen atoms in total. The maximum atomic E-state index is 11.6. The lowest BCUT2D eigenvalue weighted by Crippen LogP contribution is -2.40. The first-order valence-corrected chi connectivity index (χ1v) is 5.26. The van der Waals surface area contributed by atoms with Gasteiger partial charge in [-0.2, -0.15) is 0 Å². The highest BCUT2D eigenvalue weighted by Crippen LogP contribution is 2.34. The first-order chi connectivity index (χ1) is 6.53. The number of rotatable bonds is 2. The van der Waals surface area contributed by atoms with Gasteiger partial charge < -0.3 is 16.0 Å². The molecule has 1 aliphatic rings. The molecule has 1 aliphatic heterocycles. The smallest absolute Gasteiger partial charge is 0.317 e. The van der Waals surface area contributed by atoms with Gasteiger partial charge in [0.25, 0.3) is 0 Å². The van der Waals surface area contributed by atoms with Crippen LogP contribution in [0.15, 0.2) is 0 Å². The highest BCUT2D eigenvalue weighted by Gasteiger charge is 2.40. The summed E-state index contributed by atoms with van der Waals surface area (Å²) in [4.78, 5) is 13.4. The molecule has 14 heavy (non-hydrogen) atoms. The van der Waals surface area contributed by atoms with E-state index in [4.69, 9.17) is 5.73 Å². The van der Waals surface area contributed by atoms with Gasteiger partial charge in [0.05, 0.1) is 0 Å². The first kappa shape index (κ1) is 11.3.